The maximum Gasteiger partial charge on any atom is 0.187 e. The lowest BCUT2D eigenvalue weighted by Gasteiger charge is -2.38. The Bertz CT molecular complexity index is 1050. The average Bonchev–Trinajstić information content (AvgIpc) is 3.14. The normalized spacial score (nSPS) is 20.8. The number of benzene rings is 3. The molecule has 0 aliphatic carbocycles. The molecule has 0 N–H and O–H groups in total. The second kappa shape index (κ2) is 6.68. The molecule has 2 atom stereocenters. The molecule has 0 bridgehead atoms. The summed E-state index contributed by atoms with van der Waals surface area (Å²) in [4.78, 5) is 0. The summed E-state index contributed by atoms with van der Waals surface area (Å²) in [7, 11) is 0. The van der Waals surface area contributed by atoms with Crippen molar-refractivity contribution in [3.05, 3.63) is 76.3 Å². The van der Waals surface area contributed by atoms with Crippen LogP contribution in [0.2, 0.25) is 0 Å². The Morgan fingerprint density at radius 3 is 2.78 bits per heavy atom. The Hall–Kier alpha value is -2.33. The van der Waals surface area contributed by atoms with Crippen molar-refractivity contribution in [1.82, 2.24) is 5.01 Å². The van der Waals surface area contributed by atoms with Gasteiger partial charge in [0, 0.05) is 22.9 Å². The van der Waals surface area contributed by atoms with Crippen LogP contribution in [-0.2, 0) is 0 Å². The monoisotopic (exact) mass is 420 g/mol. The minimum absolute atomic E-state index is 0.00614. The summed E-state index contributed by atoms with van der Waals surface area (Å²) in [6.07, 6.45) is 2.96. The van der Waals surface area contributed by atoms with Gasteiger partial charge in [-0.2, -0.15) is 5.10 Å². The molecule has 2 heterocycles. The van der Waals surface area contributed by atoms with Crippen LogP contribution in [0.4, 0.5) is 0 Å². The van der Waals surface area contributed by atoms with Crippen LogP contribution in [-0.4, -0.2) is 16.9 Å². The largest absolute Gasteiger partial charge is 0.469 e. The molecule has 2 aliphatic rings. The first-order valence-corrected chi connectivity index (χ1v) is 10.3. The van der Waals surface area contributed by atoms with Gasteiger partial charge in [-0.15, -0.1) is 0 Å². The molecular weight excluding hydrogens is 400 g/mol. The van der Waals surface area contributed by atoms with Gasteiger partial charge in [-0.3, -0.25) is 5.01 Å². The van der Waals surface area contributed by atoms with Crippen molar-refractivity contribution in [1.29, 1.82) is 0 Å². The van der Waals surface area contributed by atoms with Crippen molar-refractivity contribution in [2.45, 2.75) is 38.5 Å². The highest BCUT2D eigenvalue weighted by Gasteiger charge is 2.39. The zero-order chi connectivity index (χ0) is 18.4. The molecule has 3 aromatic carbocycles. The van der Waals surface area contributed by atoms with Gasteiger partial charge in [0.2, 0.25) is 0 Å². The van der Waals surface area contributed by atoms with Crippen molar-refractivity contribution in [3.8, 4) is 5.75 Å². The Morgan fingerprint density at radius 2 is 1.93 bits per heavy atom. The van der Waals surface area contributed by atoms with E-state index >= 15 is 0 Å². The predicted molar refractivity (Wildman–Crippen MR) is 113 cm³/mol. The van der Waals surface area contributed by atoms with Crippen molar-refractivity contribution < 1.29 is 4.74 Å². The molecule has 0 radical (unpaired) electrons. The summed E-state index contributed by atoms with van der Waals surface area (Å²) in [6, 6.07) is 21.7. The molecule has 0 fully saturated rings. The number of rotatable bonds is 3. The molecule has 0 unspecified atom stereocenters. The minimum atomic E-state index is 0.00614. The van der Waals surface area contributed by atoms with Gasteiger partial charge in [-0.25, -0.2) is 0 Å². The van der Waals surface area contributed by atoms with E-state index in [1.54, 1.807) is 0 Å². The molecule has 0 spiro atoms. The fraction of sp³-hybridized carbons (Fsp3) is 0.261. The molecule has 0 aromatic heterocycles. The lowest BCUT2D eigenvalue weighted by molar-refractivity contribution is -0.0223. The highest BCUT2D eigenvalue weighted by Crippen LogP contribution is 2.44. The van der Waals surface area contributed by atoms with Crippen LogP contribution in [0.25, 0.3) is 10.8 Å². The van der Waals surface area contributed by atoms with Gasteiger partial charge in [0.05, 0.1) is 11.8 Å². The number of halogens is 1. The maximum absolute atomic E-state index is 6.29. The lowest BCUT2D eigenvalue weighted by atomic mass is 9.95. The van der Waals surface area contributed by atoms with Gasteiger partial charge in [-0.1, -0.05) is 65.7 Å². The fourth-order valence-electron chi connectivity index (χ4n) is 4.11. The van der Waals surface area contributed by atoms with Gasteiger partial charge in [0.15, 0.2) is 6.23 Å². The Balaban J connectivity index is 1.55. The van der Waals surface area contributed by atoms with E-state index in [9.17, 15) is 0 Å². The molecule has 3 nitrogen and oxygen atoms in total. The van der Waals surface area contributed by atoms with Crippen molar-refractivity contribution in [3.63, 3.8) is 0 Å². The summed E-state index contributed by atoms with van der Waals surface area (Å²) < 4.78 is 7.38. The molecule has 136 valence electrons. The van der Waals surface area contributed by atoms with Crippen LogP contribution in [0.3, 0.4) is 0 Å². The highest BCUT2D eigenvalue weighted by molar-refractivity contribution is 9.10. The van der Waals surface area contributed by atoms with E-state index in [0.29, 0.717) is 0 Å². The number of nitrogens with zero attached hydrogens (tertiary/aromatic N) is 2. The third kappa shape index (κ3) is 2.92. The molecule has 0 saturated carbocycles. The zero-order valence-electron chi connectivity index (χ0n) is 15.2. The van der Waals surface area contributed by atoms with E-state index in [1.165, 1.54) is 21.9 Å². The van der Waals surface area contributed by atoms with Crippen LogP contribution in [0.1, 0.15) is 43.4 Å². The van der Waals surface area contributed by atoms with Gasteiger partial charge >= 0.3 is 0 Å². The molecule has 27 heavy (non-hydrogen) atoms. The number of hydrogen-bond donors (Lipinski definition) is 0. The molecule has 5 rings (SSSR count). The number of ether oxygens (including phenoxy) is 1. The summed E-state index contributed by atoms with van der Waals surface area (Å²) in [5.74, 6) is 0.993. The topological polar surface area (TPSA) is 24.8 Å². The molecule has 2 aliphatic heterocycles. The number of hydrazone groups is 1. The first kappa shape index (κ1) is 16.8. The molecular formula is C23H21BrN2O. The minimum Gasteiger partial charge on any atom is -0.469 e. The highest BCUT2D eigenvalue weighted by atomic mass is 79.9. The van der Waals surface area contributed by atoms with Gasteiger partial charge in [-0.05, 0) is 40.6 Å². The Morgan fingerprint density at radius 1 is 1.07 bits per heavy atom. The van der Waals surface area contributed by atoms with E-state index in [4.69, 9.17) is 9.84 Å². The van der Waals surface area contributed by atoms with Crippen LogP contribution in [0, 0.1) is 0 Å². The molecule has 4 heteroatoms. The van der Waals surface area contributed by atoms with Crippen LogP contribution in [0.15, 0.2) is 70.2 Å². The maximum atomic E-state index is 6.29. The number of hydrogen-bond acceptors (Lipinski definition) is 3. The first-order chi connectivity index (χ1) is 13.2. The van der Waals surface area contributed by atoms with Gasteiger partial charge < -0.3 is 4.74 Å². The summed E-state index contributed by atoms with van der Waals surface area (Å²) >= 11 is 3.61. The van der Waals surface area contributed by atoms with Crippen molar-refractivity contribution >= 4 is 32.4 Å². The van der Waals surface area contributed by atoms with Gasteiger partial charge in [0.25, 0.3) is 0 Å². The first-order valence-electron chi connectivity index (χ1n) is 9.54. The smallest absolute Gasteiger partial charge is 0.187 e. The third-order valence-electron chi connectivity index (χ3n) is 5.45. The standard InChI is InChI=1S/C23H21BrN2O/c1-2-5-23-26-21(19-13-18(24)10-11-22(19)27-23)14-20(25-26)17-9-8-15-6-3-4-7-16(15)12-17/h3-4,6-13,21,23H,2,5,14H2,1H3/t21-,23-/m0/s1. The Labute approximate surface area is 167 Å². The second-order valence-electron chi connectivity index (χ2n) is 7.25. The second-order valence-corrected chi connectivity index (χ2v) is 8.17. The average molecular weight is 421 g/mol. The quantitative estimate of drug-likeness (QED) is 0.498. The number of fused-ring (bicyclic) bond motifs is 4. The van der Waals surface area contributed by atoms with Crippen LogP contribution >= 0.6 is 15.9 Å². The van der Waals surface area contributed by atoms with Gasteiger partial charge in [0.1, 0.15) is 5.75 Å². The van der Waals surface area contributed by atoms with E-state index < -0.39 is 0 Å². The zero-order valence-corrected chi connectivity index (χ0v) is 16.8. The van der Waals surface area contributed by atoms with Crippen molar-refractivity contribution in [2.75, 3.05) is 0 Å². The fourth-order valence-corrected chi connectivity index (χ4v) is 4.49. The molecule has 0 amide bonds. The summed E-state index contributed by atoms with van der Waals surface area (Å²) in [5.41, 5.74) is 3.56. The van der Waals surface area contributed by atoms with E-state index in [2.05, 4.69) is 88.5 Å². The Kier molecular flexibility index (Phi) is 4.16. The predicted octanol–water partition coefficient (Wildman–Crippen LogP) is 6.27. The lowest BCUT2D eigenvalue weighted by Crippen LogP contribution is -2.40. The third-order valence-corrected chi connectivity index (χ3v) is 5.94. The molecule has 3 aromatic rings. The van der Waals surface area contributed by atoms with Crippen molar-refractivity contribution in [2.24, 2.45) is 5.10 Å². The summed E-state index contributed by atoms with van der Waals surface area (Å²) in [5, 5.41) is 9.73. The molecule has 0 saturated heterocycles. The van der Waals surface area contributed by atoms with Crippen LogP contribution in [0.5, 0.6) is 5.75 Å². The van der Waals surface area contributed by atoms with Crippen LogP contribution < -0.4 is 4.74 Å². The summed E-state index contributed by atoms with van der Waals surface area (Å²) in [6.45, 7) is 2.19. The van der Waals surface area contributed by atoms with E-state index in [-0.39, 0.29) is 12.3 Å². The van der Waals surface area contributed by atoms with E-state index in [0.717, 1.165) is 35.2 Å². The van der Waals surface area contributed by atoms with E-state index in [1.807, 2.05) is 0 Å². The SMILES string of the molecule is CCC[C@@H]1Oc2ccc(Br)cc2[C@@H]2CC(c3ccc4ccccc4c3)=NN12.